The first-order chi connectivity index (χ1) is 7.02. The molecule has 0 amide bonds. The van der Waals surface area contributed by atoms with Crippen molar-refractivity contribution in [2.45, 2.75) is 40.2 Å². The van der Waals surface area contributed by atoms with Gasteiger partial charge >= 0.3 is 0 Å². The van der Waals surface area contributed by atoms with Crippen LogP contribution in [0.4, 0.5) is 0 Å². The molecular weight excluding hydrogens is 190 g/mol. The topological polar surface area (TPSA) is 41.5 Å². The maximum absolute atomic E-state index is 9.54. The molecule has 0 radical (unpaired) electrons. The van der Waals surface area contributed by atoms with Crippen molar-refractivity contribution < 1.29 is 9.84 Å². The molecule has 0 fully saturated rings. The van der Waals surface area contributed by atoms with Crippen molar-refractivity contribution in [3.8, 4) is 0 Å². The van der Waals surface area contributed by atoms with Crippen molar-refractivity contribution in [2.75, 3.05) is 26.3 Å². The van der Waals surface area contributed by atoms with Crippen molar-refractivity contribution in [2.24, 2.45) is 11.8 Å². The number of rotatable bonds is 9. The molecule has 0 aromatic heterocycles. The van der Waals surface area contributed by atoms with Gasteiger partial charge in [0.2, 0.25) is 0 Å². The third kappa shape index (κ3) is 11.8. The summed E-state index contributed by atoms with van der Waals surface area (Å²) in [5, 5.41) is 12.8. The Morgan fingerprint density at radius 2 is 1.73 bits per heavy atom. The number of hydrogen-bond acceptors (Lipinski definition) is 3. The first-order valence-corrected chi connectivity index (χ1v) is 5.99. The average Bonchev–Trinajstić information content (AvgIpc) is 2.11. The van der Waals surface area contributed by atoms with Crippen LogP contribution < -0.4 is 5.32 Å². The first-order valence-electron chi connectivity index (χ1n) is 5.99. The molecule has 0 saturated heterocycles. The Balaban J connectivity index is 3.22. The standard InChI is InChI=1S/C12H27NO2/c1-10(2)5-6-13-7-12(14)9-15-8-11(3)4/h10-14H,5-9H2,1-4H3. The van der Waals surface area contributed by atoms with Crippen molar-refractivity contribution in [3.05, 3.63) is 0 Å². The lowest BCUT2D eigenvalue weighted by Crippen LogP contribution is -2.31. The molecule has 0 bridgehead atoms. The van der Waals surface area contributed by atoms with E-state index in [-0.39, 0.29) is 6.10 Å². The highest BCUT2D eigenvalue weighted by Gasteiger charge is 2.04. The summed E-state index contributed by atoms with van der Waals surface area (Å²) in [7, 11) is 0. The molecule has 0 aromatic carbocycles. The van der Waals surface area contributed by atoms with Gasteiger partial charge in [-0.1, -0.05) is 27.7 Å². The molecule has 0 saturated carbocycles. The van der Waals surface area contributed by atoms with E-state index in [1.807, 2.05) is 0 Å². The lowest BCUT2D eigenvalue weighted by atomic mass is 10.1. The van der Waals surface area contributed by atoms with Crippen LogP contribution in [0.2, 0.25) is 0 Å². The summed E-state index contributed by atoms with van der Waals surface area (Å²) in [5.41, 5.74) is 0. The predicted octanol–water partition coefficient (Wildman–Crippen LogP) is 1.66. The minimum Gasteiger partial charge on any atom is -0.389 e. The van der Waals surface area contributed by atoms with E-state index in [0.29, 0.717) is 25.0 Å². The van der Waals surface area contributed by atoms with E-state index < -0.39 is 0 Å². The predicted molar refractivity (Wildman–Crippen MR) is 64.0 cm³/mol. The molecule has 0 aliphatic carbocycles. The molecule has 0 aromatic rings. The van der Waals surface area contributed by atoms with Crippen LogP contribution in [0, 0.1) is 11.8 Å². The molecule has 0 rings (SSSR count). The smallest absolute Gasteiger partial charge is 0.0897 e. The number of hydrogen-bond donors (Lipinski definition) is 2. The molecule has 0 aliphatic rings. The Morgan fingerprint density at radius 1 is 1.07 bits per heavy atom. The maximum Gasteiger partial charge on any atom is 0.0897 e. The van der Waals surface area contributed by atoms with Gasteiger partial charge in [-0.25, -0.2) is 0 Å². The second kappa shape index (κ2) is 9.13. The van der Waals surface area contributed by atoms with E-state index in [9.17, 15) is 5.11 Å². The molecule has 1 unspecified atom stereocenters. The number of nitrogens with one attached hydrogen (secondary N) is 1. The van der Waals surface area contributed by atoms with Crippen LogP contribution in [0.1, 0.15) is 34.1 Å². The van der Waals surface area contributed by atoms with Gasteiger partial charge in [0.05, 0.1) is 12.7 Å². The summed E-state index contributed by atoms with van der Waals surface area (Å²) >= 11 is 0. The quantitative estimate of drug-likeness (QED) is 0.577. The highest BCUT2D eigenvalue weighted by molar-refractivity contribution is 4.59. The minimum absolute atomic E-state index is 0.379. The normalized spacial score (nSPS) is 13.8. The van der Waals surface area contributed by atoms with E-state index in [1.165, 1.54) is 0 Å². The lowest BCUT2D eigenvalue weighted by Gasteiger charge is -2.14. The molecule has 0 aliphatic heterocycles. The zero-order valence-electron chi connectivity index (χ0n) is 10.6. The maximum atomic E-state index is 9.54. The van der Waals surface area contributed by atoms with Gasteiger partial charge in [-0.15, -0.1) is 0 Å². The van der Waals surface area contributed by atoms with Gasteiger partial charge in [-0.05, 0) is 24.8 Å². The summed E-state index contributed by atoms with van der Waals surface area (Å²) in [6.45, 7) is 11.4. The fraction of sp³-hybridized carbons (Fsp3) is 1.00. The van der Waals surface area contributed by atoms with E-state index in [0.717, 1.165) is 19.6 Å². The summed E-state index contributed by atoms with van der Waals surface area (Å²) < 4.78 is 5.34. The van der Waals surface area contributed by atoms with Gasteiger partial charge in [-0.2, -0.15) is 0 Å². The number of ether oxygens (including phenoxy) is 1. The van der Waals surface area contributed by atoms with Crippen molar-refractivity contribution in [3.63, 3.8) is 0 Å². The summed E-state index contributed by atoms with van der Waals surface area (Å²) in [6.07, 6.45) is 0.774. The highest BCUT2D eigenvalue weighted by Crippen LogP contribution is 1.97. The van der Waals surface area contributed by atoms with Gasteiger partial charge < -0.3 is 15.2 Å². The van der Waals surface area contributed by atoms with Gasteiger partial charge in [-0.3, -0.25) is 0 Å². The lowest BCUT2D eigenvalue weighted by molar-refractivity contribution is 0.0261. The Labute approximate surface area is 94.2 Å². The third-order valence-corrected chi connectivity index (χ3v) is 2.04. The van der Waals surface area contributed by atoms with Crippen LogP contribution in [0.5, 0.6) is 0 Å². The van der Waals surface area contributed by atoms with Crippen LogP contribution in [0.25, 0.3) is 0 Å². The zero-order valence-corrected chi connectivity index (χ0v) is 10.6. The molecule has 92 valence electrons. The van der Waals surface area contributed by atoms with Crippen molar-refractivity contribution in [1.29, 1.82) is 0 Å². The Bertz CT molecular complexity index is 138. The summed E-state index contributed by atoms with van der Waals surface area (Å²) in [5.74, 6) is 1.25. The summed E-state index contributed by atoms with van der Waals surface area (Å²) in [6, 6.07) is 0. The molecule has 0 heterocycles. The Morgan fingerprint density at radius 3 is 2.27 bits per heavy atom. The van der Waals surface area contributed by atoms with Crippen LogP contribution in [0.15, 0.2) is 0 Å². The Kier molecular flexibility index (Phi) is 9.06. The Hall–Kier alpha value is -0.120. The molecule has 3 nitrogen and oxygen atoms in total. The van der Waals surface area contributed by atoms with Crippen molar-refractivity contribution >= 4 is 0 Å². The zero-order chi connectivity index (χ0) is 11.7. The van der Waals surface area contributed by atoms with E-state index in [2.05, 4.69) is 33.0 Å². The minimum atomic E-state index is -0.379. The fourth-order valence-electron chi connectivity index (χ4n) is 1.16. The van der Waals surface area contributed by atoms with Crippen LogP contribution in [-0.4, -0.2) is 37.5 Å². The van der Waals surface area contributed by atoms with Crippen molar-refractivity contribution in [1.82, 2.24) is 5.32 Å². The first kappa shape index (κ1) is 14.9. The largest absolute Gasteiger partial charge is 0.389 e. The molecule has 3 heteroatoms. The molecule has 15 heavy (non-hydrogen) atoms. The SMILES string of the molecule is CC(C)CCNCC(O)COCC(C)C. The monoisotopic (exact) mass is 217 g/mol. The summed E-state index contributed by atoms with van der Waals surface area (Å²) in [4.78, 5) is 0. The second-order valence-electron chi connectivity index (χ2n) is 4.97. The van der Waals surface area contributed by atoms with Crippen LogP contribution >= 0.6 is 0 Å². The van der Waals surface area contributed by atoms with Crippen LogP contribution in [-0.2, 0) is 4.74 Å². The molecular formula is C12H27NO2. The van der Waals surface area contributed by atoms with Crippen LogP contribution in [0.3, 0.4) is 0 Å². The fourth-order valence-corrected chi connectivity index (χ4v) is 1.16. The third-order valence-electron chi connectivity index (χ3n) is 2.04. The van der Waals surface area contributed by atoms with E-state index >= 15 is 0 Å². The highest BCUT2D eigenvalue weighted by atomic mass is 16.5. The molecule has 2 N–H and O–H groups in total. The second-order valence-corrected chi connectivity index (χ2v) is 4.97. The van der Waals surface area contributed by atoms with Gasteiger partial charge in [0, 0.05) is 13.2 Å². The van der Waals surface area contributed by atoms with E-state index in [1.54, 1.807) is 0 Å². The van der Waals surface area contributed by atoms with Gasteiger partial charge in [0.1, 0.15) is 0 Å². The molecule has 1 atom stereocenters. The van der Waals surface area contributed by atoms with Gasteiger partial charge in [0.15, 0.2) is 0 Å². The number of aliphatic hydroxyl groups is 1. The number of aliphatic hydroxyl groups excluding tert-OH is 1. The van der Waals surface area contributed by atoms with Gasteiger partial charge in [0.25, 0.3) is 0 Å². The van der Waals surface area contributed by atoms with E-state index in [4.69, 9.17) is 4.74 Å². The molecule has 0 spiro atoms. The average molecular weight is 217 g/mol.